The number of likely N-dealkylation sites (tertiary alicyclic amines) is 1. The summed E-state index contributed by atoms with van der Waals surface area (Å²) in [4.78, 5) is 12.7. The molecule has 7 heteroatoms. The Morgan fingerprint density at radius 2 is 2.11 bits per heavy atom. The first-order valence-corrected chi connectivity index (χ1v) is 6.33. The van der Waals surface area contributed by atoms with Gasteiger partial charge in [0.25, 0.3) is 5.69 Å². The third-order valence-electron chi connectivity index (χ3n) is 3.21. The fraction of sp³-hybridized carbons (Fsp3) is 0.417. The first-order chi connectivity index (χ1) is 9.10. The molecule has 1 fully saturated rings. The zero-order chi connectivity index (χ0) is 13.8. The van der Waals surface area contributed by atoms with Crippen LogP contribution >= 0.6 is 11.6 Å². The molecule has 0 spiro atoms. The molecule has 0 amide bonds. The van der Waals surface area contributed by atoms with Gasteiger partial charge in [-0.2, -0.15) is 0 Å². The number of rotatable bonds is 3. The Morgan fingerprint density at radius 1 is 1.42 bits per heavy atom. The van der Waals surface area contributed by atoms with Crippen LogP contribution in [0, 0.1) is 10.1 Å². The number of hydrogen-bond donors (Lipinski definition) is 1. The minimum absolute atomic E-state index is 0.0501. The van der Waals surface area contributed by atoms with E-state index in [1.165, 1.54) is 6.07 Å². The predicted octanol–water partition coefficient (Wildman–Crippen LogP) is 2.67. The van der Waals surface area contributed by atoms with Gasteiger partial charge >= 0.3 is 0 Å². The van der Waals surface area contributed by atoms with Gasteiger partial charge in [-0.25, -0.2) is 0 Å². The molecular weight excluding hydrogens is 270 g/mol. The van der Waals surface area contributed by atoms with Crippen molar-refractivity contribution < 1.29 is 10.1 Å². The molecule has 6 nitrogen and oxygen atoms in total. The fourth-order valence-corrected chi connectivity index (χ4v) is 2.32. The highest BCUT2D eigenvalue weighted by atomic mass is 35.5. The van der Waals surface area contributed by atoms with Crippen molar-refractivity contribution in [2.45, 2.75) is 19.4 Å². The first-order valence-electron chi connectivity index (χ1n) is 5.95. The number of nitrogens with zero attached hydrogens (tertiary/aromatic N) is 3. The highest BCUT2D eigenvalue weighted by molar-refractivity contribution is 6.30. The van der Waals surface area contributed by atoms with Crippen LogP contribution in [-0.4, -0.2) is 33.8 Å². The number of benzene rings is 1. The van der Waals surface area contributed by atoms with Gasteiger partial charge in [0, 0.05) is 49.1 Å². The second-order valence-electron chi connectivity index (χ2n) is 4.47. The van der Waals surface area contributed by atoms with Crippen molar-refractivity contribution in [1.82, 2.24) is 4.90 Å². The van der Waals surface area contributed by atoms with Crippen LogP contribution in [0.25, 0.3) is 0 Å². The SMILES string of the molecule is O=[N+]([O-])c1cc(Cl)ccc1CN1CCC(=NO)CC1. The van der Waals surface area contributed by atoms with E-state index in [0.717, 1.165) is 18.8 Å². The maximum atomic E-state index is 11.0. The predicted molar refractivity (Wildman–Crippen MR) is 71.8 cm³/mol. The van der Waals surface area contributed by atoms with E-state index >= 15 is 0 Å². The van der Waals surface area contributed by atoms with Crippen molar-refractivity contribution >= 4 is 23.0 Å². The first kappa shape index (κ1) is 13.8. The standard InChI is InChI=1S/C12H14ClN3O3/c13-10-2-1-9(12(7-10)16(18)19)8-15-5-3-11(14-17)4-6-15/h1-2,7,17H,3-6,8H2. The molecule has 0 saturated carbocycles. The molecule has 0 aromatic heterocycles. The molecular formula is C12H14ClN3O3. The number of halogens is 1. The lowest BCUT2D eigenvalue weighted by Crippen LogP contribution is -2.33. The van der Waals surface area contributed by atoms with E-state index in [1.807, 2.05) is 0 Å². The number of oxime groups is 1. The van der Waals surface area contributed by atoms with Crippen molar-refractivity contribution in [1.29, 1.82) is 0 Å². The van der Waals surface area contributed by atoms with Crippen molar-refractivity contribution in [3.63, 3.8) is 0 Å². The quantitative estimate of drug-likeness (QED) is 0.525. The van der Waals surface area contributed by atoms with Crippen LogP contribution in [-0.2, 0) is 6.54 Å². The van der Waals surface area contributed by atoms with Crippen LogP contribution in [0.2, 0.25) is 5.02 Å². The van der Waals surface area contributed by atoms with Gasteiger partial charge in [0.05, 0.1) is 10.6 Å². The molecule has 0 bridgehead atoms. The highest BCUT2D eigenvalue weighted by Crippen LogP contribution is 2.25. The molecule has 1 aliphatic heterocycles. The van der Waals surface area contributed by atoms with Crippen LogP contribution in [0.1, 0.15) is 18.4 Å². The fourth-order valence-electron chi connectivity index (χ4n) is 2.15. The normalized spacial score (nSPS) is 16.4. The summed E-state index contributed by atoms with van der Waals surface area (Å²) in [5.41, 5.74) is 1.48. The van der Waals surface area contributed by atoms with Crippen LogP contribution in [0.5, 0.6) is 0 Å². The summed E-state index contributed by atoms with van der Waals surface area (Å²) in [5, 5.41) is 23.2. The third-order valence-corrected chi connectivity index (χ3v) is 3.45. The van der Waals surface area contributed by atoms with Crippen molar-refractivity contribution in [2.24, 2.45) is 5.16 Å². The number of piperidine rings is 1. The van der Waals surface area contributed by atoms with E-state index < -0.39 is 4.92 Å². The molecule has 0 radical (unpaired) electrons. The smallest absolute Gasteiger partial charge is 0.275 e. The van der Waals surface area contributed by atoms with Gasteiger partial charge < -0.3 is 5.21 Å². The zero-order valence-electron chi connectivity index (χ0n) is 10.3. The van der Waals surface area contributed by atoms with Crippen molar-refractivity contribution in [3.8, 4) is 0 Å². The van der Waals surface area contributed by atoms with E-state index in [9.17, 15) is 10.1 Å². The summed E-state index contributed by atoms with van der Waals surface area (Å²) in [6.45, 7) is 1.98. The average Bonchev–Trinajstić information content (AvgIpc) is 2.41. The van der Waals surface area contributed by atoms with Crippen LogP contribution in [0.15, 0.2) is 23.4 Å². The Labute approximate surface area is 115 Å². The molecule has 1 heterocycles. The minimum Gasteiger partial charge on any atom is -0.411 e. The van der Waals surface area contributed by atoms with Gasteiger partial charge in [-0.05, 0) is 12.1 Å². The lowest BCUT2D eigenvalue weighted by Gasteiger charge is -2.26. The van der Waals surface area contributed by atoms with E-state index in [2.05, 4.69) is 10.1 Å². The molecule has 0 aliphatic carbocycles. The third kappa shape index (κ3) is 3.42. The van der Waals surface area contributed by atoms with Gasteiger partial charge in [-0.3, -0.25) is 15.0 Å². The average molecular weight is 284 g/mol. The summed E-state index contributed by atoms with van der Waals surface area (Å²) in [7, 11) is 0. The molecule has 102 valence electrons. The number of nitro groups is 1. The second-order valence-corrected chi connectivity index (χ2v) is 4.91. The molecule has 1 aromatic rings. The molecule has 1 aromatic carbocycles. The van der Waals surface area contributed by atoms with Gasteiger partial charge in [-0.1, -0.05) is 16.8 Å². The van der Waals surface area contributed by atoms with Crippen molar-refractivity contribution in [3.05, 3.63) is 38.9 Å². The lowest BCUT2D eigenvalue weighted by molar-refractivity contribution is -0.385. The molecule has 1 saturated heterocycles. The van der Waals surface area contributed by atoms with E-state index in [-0.39, 0.29) is 5.69 Å². The highest BCUT2D eigenvalue weighted by Gasteiger charge is 2.20. The Hall–Kier alpha value is -1.66. The Balaban J connectivity index is 2.09. The maximum Gasteiger partial charge on any atom is 0.275 e. The van der Waals surface area contributed by atoms with E-state index in [0.29, 0.717) is 30.0 Å². The maximum absolute atomic E-state index is 11.0. The van der Waals surface area contributed by atoms with Crippen LogP contribution in [0.3, 0.4) is 0 Å². The molecule has 2 rings (SSSR count). The monoisotopic (exact) mass is 283 g/mol. The number of hydrogen-bond acceptors (Lipinski definition) is 5. The summed E-state index contributed by atoms with van der Waals surface area (Å²) in [6.07, 6.45) is 1.38. The topological polar surface area (TPSA) is 79.0 Å². The molecule has 0 unspecified atom stereocenters. The van der Waals surface area contributed by atoms with E-state index in [4.69, 9.17) is 16.8 Å². The van der Waals surface area contributed by atoms with E-state index in [1.54, 1.807) is 12.1 Å². The summed E-state index contributed by atoms with van der Waals surface area (Å²) in [6, 6.07) is 4.73. The lowest BCUT2D eigenvalue weighted by atomic mass is 10.1. The van der Waals surface area contributed by atoms with Gasteiger partial charge in [0.1, 0.15) is 0 Å². The van der Waals surface area contributed by atoms with Gasteiger partial charge in [-0.15, -0.1) is 0 Å². The Morgan fingerprint density at radius 3 is 2.68 bits per heavy atom. The number of nitro benzene ring substituents is 1. The summed E-state index contributed by atoms with van der Waals surface area (Å²) < 4.78 is 0. The largest absolute Gasteiger partial charge is 0.411 e. The molecule has 1 aliphatic rings. The van der Waals surface area contributed by atoms with Crippen LogP contribution in [0.4, 0.5) is 5.69 Å². The Kier molecular flexibility index (Phi) is 4.34. The van der Waals surface area contributed by atoms with Gasteiger partial charge in [0.2, 0.25) is 0 Å². The summed E-state index contributed by atoms with van der Waals surface area (Å²) in [5.74, 6) is 0. The minimum atomic E-state index is -0.411. The van der Waals surface area contributed by atoms with Gasteiger partial charge in [0.15, 0.2) is 0 Å². The molecule has 19 heavy (non-hydrogen) atoms. The van der Waals surface area contributed by atoms with Crippen LogP contribution < -0.4 is 0 Å². The molecule has 1 N–H and O–H groups in total. The molecule has 0 atom stereocenters. The zero-order valence-corrected chi connectivity index (χ0v) is 11.0. The Bertz CT molecular complexity index is 509. The second kappa shape index (κ2) is 5.99. The summed E-state index contributed by atoms with van der Waals surface area (Å²) >= 11 is 5.78. The van der Waals surface area contributed by atoms with Crippen molar-refractivity contribution in [2.75, 3.05) is 13.1 Å².